The minimum atomic E-state index is -0.397. The molecular formula is C17H23NO. The molecule has 2 heteroatoms. The molecule has 0 heterocycles. The van der Waals surface area contributed by atoms with Gasteiger partial charge < -0.3 is 5.21 Å². The second kappa shape index (κ2) is 4.22. The molecule has 1 fully saturated rings. The molecule has 0 saturated heterocycles. The van der Waals surface area contributed by atoms with Gasteiger partial charge in [-0.25, -0.2) is 4.74 Å². The van der Waals surface area contributed by atoms with Gasteiger partial charge in [0.2, 0.25) is 0 Å². The highest BCUT2D eigenvalue weighted by atomic mass is 16.5. The molecule has 1 saturated carbocycles. The Morgan fingerprint density at radius 2 is 1.68 bits per heavy atom. The number of hydrogen-bond acceptors (Lipinski definition) is 1. The summed E-state index contributed by atoms with van der Waals surface area (Å²) >= 11 is 0. The summed E-state index contributed by atoms with van der Waals surface area (Å²) in [5, 5.41) is 11.9. The summed E-state index contributed by atoms with van der Waals surface area (Å²) in [7, 11) is 0. The van der Waals surface area contributed by atoms with Crippen molar-refractivity contribution in [1.29, 1.82) is 0 Å². The summed E-state index contributed by atoms with van der Waals surface area (Å²) in [4.78, 5) is 0. The lowest BCUT2D eigenvalue weighted by atomic mass is 10.0. The number of nitrogens with zero attached hydrogens (tertiary/aromatic N) is 1. The fourth-order valence-corrected chi connectivity index (χ4v) is 2.36. The van der Waals surface area contributed by atoms with Gasteiger partial charge in [0.1, 0.15) is 0 Å². The fraction of sp³-hybridized carbons (Fsp3) is 0.471. The maximum Gasteiger partial charge on any atom is 0.182 e. The quantitative estimate of drug-likeness (QED) is 0.257. The van der Waals surface area contributed by atoms with Crippen molar-refractivity contribution in [2.75, 3.05) is 0 Å². The number of hydrogen-bond donors (Lipinski definition) is 0. The van der Waals surface area contributed by atoms with Crippen LogP contribution >= 0.6 is 0 Å². The van der Waals surface area contributed by atoms with Crippen molar-refractivity contribution in [1.82, 2.24) is 0 Å². The molecule has 0 N–H and O–H groups in total. The predicted molar refractivity (Wildman–Crippen MR) is 80.7 cm³/mol. The molecule has 0 bridgehead atoms. The van der Waals surface area contributed by atoms with E-state index in [0.29, 0.717) is 5.92 Å². The maximum atomic E-state index is 11.9. The molecule has 0 radical (unpaired) electrons. The van der Waals surface area contributed by atoms with E-state index >= 15 is 0 Å². The standard InChI is InChI=1S/C17H23NO/c1-12-15(17(12,5)6)14-9-7-13(8-10-14)11-18(19)16(2,3)4/h7-11,15H,1H2,2-6H3/b18-11-. The lowest BCUT2D eigenvalue weighted by Crippen LogP contribution is -2.29. The van der Waals surface area contributed by atoms with Gasteiger partial charge in [-0.3, -0.25) is 0 Å². The van der Waals surface area contributed by atoms with E-state index in [-0.39, 0.29) is 5.41 Å². The van der Waals surface area contributed by atoms with Crippen molar-refractivity contribution in [2.24, 2.45) is 5.41 Å². The van der Waals surface area contributed by atoms with E-state index in [1.165, 1.54) is 11.1 Å². The zero-order chi connectivity index (χ0) is 14.4. The van der Waals surface area contributed by atoms with Crippen LogP contribution in [-0.4, -0.2) is 16.5 Å². The van der Waals surface area contributed by atoms with Crippen LogP contribution in [0.1, 0.15) is 51.7 Å². The summed E-state index contributed by atoms with van der Waals surface area (Å²) in [6, 6.07) is 8.22. The van der Waals surface area contributed by atoms with E-state index in [0.717, 1.165) is 10.3 Å². The van der Waals surface area contributed by atoms with Crippen molar-refractivity contribution in [3.8, 4) is 0 Å². The summed E-state index contributed by atoms with van der Waals surface area (Å²) in [6.45, 7) is 14.3. The molecule has 102 valence electrons. The van der Waals surface area contributed by atoms with Crippen LogP contribution in [-0.2, 0) is 0 Å². The Hall–Kier alpha value is -1.57. The zero-order valence-electron chi connectivity index (χ0n) is 12.5. The predicted octanol–water partition coefficient (Wildman–Crippen LogP) is 4.09. The molecular weight excluding hydrogens is 234 g/mol. The average molecular weight is 257 g/mol. The third-order valence-electron chi connectivity index (χ3n) is 4.01. The first-order valence-corrected chi connectivity index (χ1v) is 6.74. The highest BCUT2D eigenvalue weighted by molar-refractivity contribution is 5.76. The van der Waals surface area contributed by atoms with Gasteiger partial charge in [0, 0.05) is 32.3 Å². The molecule has 0 aromatic heterocycles. The van der Waals surface area contributed by atoms with Gasteiger partial charge in [-0.05, 0) is 23.1 Å². The average Bonchev–Trinajstić information content (AvgIpc) is 2.78. The maximum absolute atomic E-state index is 11.9. The molecule has 0 aliphatic heterocycles. The SMILES string of the molecule is C=C1C(c2ccc(/C=[N+](\[O-])C(C)(C)C)cc2)C1(C)C. The number of benzene rings is 1. The van der Waals surface area contributed by atoms with Crippen molar-refractivity contribution in [3.63, 3.8) is 0 Å². The van der Waals surface area contributed by atoms with Crippen molar-refractivity contribution >= 4 is 6.21 Å². The molecule has 1 aliphatic rings. The first-order valence-electron chi connectivity index (χ1n) is 6.74. The molecule has 2 rings (SSSR count). The first kappa shape index (κ1) is 13.9. The summed E-state index contributed by atoms with van der Waals surface area (Å²) in [5.41, 5.74) is 3.36. The minimum absolute atomic E-state index is 0.223. The Balaban J connectivity index is 2.19. The molecule has 2 nitrogen and oxygen atoms in total. The molecule has 0 amide bonds. The van der Waals surface area contributed by atoms with E-state index in [1.54, 1.807) is 6.21 Å². The smallest absolute Gasteiger partial charge is 0.182 e. The van der Waals surface area contributed by atoms with Gasteiger partial charge in [0.05, 0.1) is 0 Å². The summed E-state index contributed by atoms with van der Waals surface area (Å²) in [6.07, 6.45) is 1.65. The van der Waals surface area contributed by atoms with Crippen molar-refractivity contribution in [3.05, 3.63) is 52.8 Å². The van der Waals surface area contributed by atoms with Crippen molar-refractivity contribution in [2.45, 2.75) is 46.1 Å². The van der Waals surface area contributed by atoms with Gasteiger partial charge in [0.15, 0.2) is 11.8 Å². The lowest BCUT2D eigenvalue weighted by Gasteiger charge is -2.18. The zero-order valence-corrected chi connectivity index (χ0v) is 12.5. The summed E-state index contributed by atoms with van der Waals surface area (Å²) in [5.74, 6) is 0.465. The van der Waals surface area contributed by atoms with E-state index in [1.807, 2.05) is 32.9 Å². The number of rotatable bonds is 2. The summed E-state index contributed by atoms with van der Waals surface area (Å²) < 4.78 is 1.00. The van der Waals surface area contributed by atoms with Crippen LogP contribution in [0.25, 0.3) is 0 Å². The third-order valence-corrected chi connectivity index (χ3v) is 4.01. The van der Waals surface area contributed by atoms with E-state index in [2.05, 4.69) is 32.6 Å². The van der Waals surface area contributed by atoms with E-state index in [9.17, 15) is 5.21 Å². The second-order valence-electron chi connectivity index (χ2n) is 6.97. The minimum Gasteiger partial charge on any atom is -0.623 e. The van der Waals surface area contributed by atoms with E-state index in [4.69, 9.17) is 0 Å². The van der Waals surface area contributed by atoms with Crippen LogP contribution in [0.15, 0.2) is 36.4 Å². The molecule has 19 heavy (non-hydrogen) atoms. The van der Waals surface area contributed by atoms with Crippen LogP contribution in [0.4, 0.5) is 0 Å². The van der Waals surface area contributed by atoms with Gasteiger partial charge in [0.25, 0.3) is 0 Å². The molecule has 1 unspecified atom stereocenters. The Kier molecular flexibility index (Phi) is 3.08. The largest absolute Gasteiger partial charge is 0.623 e. The number of hydroxylamine groups is 1. The van der Waals surface area contributed by atoms with Crippen LogP contribution in [0.3, 0.4) is 0 Å². The molecule has 0 spiro atoms. The molecule has 1 aromatic rings. The first-order chi connectivity index (χ1) is 8.64. The lowest BCUT2D eigenvalue weighted by molar-refractivity contribution is -0.530. The van der Waals surface area contributed by atoms with E-state index < -0.39 is 5.54 Å². The monoisotopic (exact) mass is 257 g/mol. The van der Waals surface area contributed by atoms with Gasteiger partial charge in [-0.15, -0.1) is 0 Å². The highest BCUT2D eigenvalue weighted by Gasteiger charge is 2.51. The Morgan fingerprint density at radius 1 is 1.21 bits per heavy atom. The van der Waals surface area contributed by atoms with Gasteiger partial charge in [-0.2, -0.15) is 0 Å². The molecule has 1 aliphatic carbocycles. The molecule has 1 atom stereocenters. The normalized spacial score (nSPS) is 22.5. The Morgan fingerprint density at radius 3 is 2.05 bits per heavy atom. The Labute approximate surface area is 116 Å². The van der Waals surface area contributed by atoms with Crippen molar-refractivity contribution < 1.29 is 4.74 Å². The van der Waals surface area contributed by atoms with Gasteiger partial charge in [-0.1, -0.05) is 38.1 Å². The highest BCUT2D eigenvalue weighted by Crippen LogP contribution is 2.62. The van der Waals surface area contributed by atoms with Crippen LogP contribution in [0.5, 0.6) is 0 Å². The van der Waals surface area contributed by atoms with Crippen LogP contribution in [0, 0.1) is 10.6 Å². The van der Waals surface area contributed by atoms with Crippen LogP contribution in [0.2, 0.25) is 0 Å². The topological polar surface area (TPSA) is 26.1 Å². The second-order valence-corrected chi connectivity index (χ2v) is 6.97. The Bertz CT molecular complexity index is 529. The van der Waals surface area contributed by atoms with Gasteiger partial charge >= 0.3 is 0 Å². The molecule has 1 aromatic carbocycles. The third kappa shape index (κ3) is 2.58. The van der Waals surface area contributed by atoms with Crippen LogP contribution < -0.4 is 0 Å². The fourth-order valence-electron chi connectivity index (χ4n) is 2.36. The number of allylic oxidation sites excluding steroid dienone is 1.